The zero-order valence-corrected chi connectivity index (χ0v) is 18.0. The van der Waals surface area contributed by atoms with Gasteiger partial charge in [0, 0.05) is 26.8 Å². The summed E-state index contributed by atoms with van der Waals surface area (Å²) in [6, 6.07) is 5.79. The molecule has 1 aromatic heterocycles. The molecule has 1 aromatic carbocycles. The van der Waals surface area contributed by atoms with E-state index in [9.17, 15) is 0 Å². The smallest absolute Gasteiger partial charge is 0.191 e. The number of hydrogen-bond donors (Lipinski definition) is 2. The molecule has 0 amide bonds. The van der Waals surface area contributed by atoms with Gasteiger partial charge < -0.3 is 29.4 Å². The third kappa shape index (κ3) is 6.94. The molecule has 2 N–H and O–H groups in total. The van der Waals surface area contributed by atoms with Gasteiger partial charge in [-0.25, -0.2) is 4.99 Å². The minimum atomic E-state index is 0.499. The average Bonchev–Trinajstić information content (AvgIpc) is 3.06. The zero-order chi connectivity index (χ0) is 21.1. The quantitative estimate of drug-likeness (QED) is 0.335. The van der Waals surface area contributed by atoms with Crippen molar-refractivity contribution >= 4 is 5.96 Å². The van der Waals surface area contributed by atoms with Gasteiger partial charge >= 0.3 is 0 Å². The third-order valence-electron chi connectivity index (χ3n) is 4.43. The zero-order valence-electron chi connectivity index (χ0n) is 18.0. The predicted octanol–water partition coefficient (Wildman–Crippen LogP) is 1.80. The van der Waals surface area contributed by atoms with Crippen LogP contribution in [-0.2, 0) is 24.9 Å². The van der Waals surface area contributed by atoms with Crippen molar-refractivity contribution < 1.29 is 14.2 Å². The van der Waals surface area contributed by atoms with Crippen molar-refractivity contribution in [2.45, 2.75) is 33.4 Å². The van der Waals surface area contributed by atoms with Crippen LogP contribution in [0, 0.1) is 6.92 Å². The number of benzene rings is 1. The van der Waals surface area contributed by atoms with Crippen LogP contribution >= 0.6 is 0 Å². The van der Waals surface area contributed by atoms with E-state index in [2.05, 4.69) is 20.8 Å². The molecule has 0 aliphatic rings. The molecule has 0 unspecified atom stereocenters. The van der Waals surface area contributed by atoms with E-state index in [-0.39, 0.29) is 0 Å². The average molecular weight is 405 g/mol. The van der Waals surface area contributed by atoms with Gasteiger partial charge in [0.2, 0.25) is 0 Å². The predicted molar refractivity (Wildman–Crippen MR) is 112 cm³/mol. The molecule has 0 bridgehead atoms. The minimum Gasteiger partial charge on any atom is -0.493 e. The lowest BCUT2D eigenvalue weighted by Crippen LogP contribution is -2.38. The Hall–Kier alpha value is -2.81. The van der Waals surface area contributed by atoms with Crippen molar-refractivity contribution in [1.82, 2.24) is 25.4 Å². The highest BCUT2D eigenvalue weighted by Crippen LogP contribution is 2.27. The Morgan fingerprint density at radius 1 is 1.14 bits per heavy atom. The Balaban J connectivity index is 2.03. The van der Waals surface area contributed by atoms with Crippen LogP contribution in [0.4, 0.5) is 0 Å². The molecular formula is C20H32N6O3. The maximum atomic E-state index is 5.39. The molecule has 0 atom stereocenters. The van der Waals surface area contributed by atoms with Gasteiger partial charge in [0.05, 0.1) is 27.3 Å². The van der Waals surface area contributed by atoms with Crippen LogP contribution in [0.3, 0.4) is 0 Å². The van der Waals surface area contributed by atoms with E-state index in [1.165, 1.54) is 0 Å². The fourth-order valence-corrected chi connectivity index (χ4v) is 2.62. The molecule has 2 aromatic rings. The fraction of sp³-hybridized carbons (Fsp3) is 0.550. The number of aliphatic imine (C=N–C) groups is 1. The standard InChI is InChI=1S/C20H32N6O3/c1-6-29-11-7-10-21-20(23-14-19-25-24-15(2)26(19)3)22-13-16-8-9-17(27-4)18(12-16)28-5/h8-9,12H,6-7,10-11,13-14H2,1-5H3,(H2,21,22,23). The number of ether oxygens (including phenoxy) is 3. The number of nitrogens with zero attached hydrogens (tertiary/aromatic N) is 4. The first kappa shape index (κ1) is 22.5. The Bertz CT molecular complexity index is 791. The topological polar surface area (TPSA) is 94.8 Å². The largest absolute Gasteiger partial charge is 0.493 e. The highest BCUT2D eigenvalue weighted by atomic mass is 16.5. The maximum absolute atomic E-state index is 5.39. The van der Waals surface area contributed by atoms with Crippen molar-refractivity contribution in [1.29, 1.82) is 0 Å². The molecule has 9 nitrogen and oxygen atoms in total. The van der Waals surface area contributed by atoms with E-state index in [1.807, 2.05) is 43.7 Å². The first-order valence-electron chi connectivity index (χ1n) is 9.74. The van der Waals surface area contributed by atoms with E-state index >= 15 is 0 Å². The monoisotopic (exact) mass is 404 g/mol. The number of hydrogen-bond acceptors (Lipinski definition) is 6. The van der Waals surface area contributed by atoms with E-state index in [0.717, 1.165) is 43.4 Å². The molecule has 160 valence electrons. The van der Waals surface area contributed by atoms with Gasteiger partial charge in [0.15, 0.2) is 23.3 Å². The van der Waals surface area contributed by atoms with Crippen molar-refractivity contribution in [2.24, 2.45) is 12.0 Å². The minimum absolute atomic E-state index is 0.499. The van der Waals surface area contributed by atoms with Crippen LogP contribution in [0.15, 0.2) is 23.2 Å². The molecule has 0 spiro atoms. The summed E-state index contributed by atoms with van der Waals surface area (Å²) < 4.78 is 18.0. The number of aryl methyl sites for hydroxylation is 1. The number of methoxy groups -OCH3 is 2. The molecule has 0 radical (unpaired) electrons. The first-order valence-corrected chi connectivity index (χ1v) is 9.74. The lowest BCUT2D eigenvalue weighted by atomic mass is 10.2. The van der Waals surface area contributed by atoms with Gasteiger partial charge in [-0.1, -0.05) is 6.07 Å². The second-order valence-corrected chi connectivity index (χ2v) is 6.41. The fourth-order valence-electron chi connectivity index (χ4n) is 2.62. The Kier molecular flexibility index (Phi) is 9.23. The molecular weight excluding hydrogens is 372 g/mol. The molecule has 2 rings (SSSR count). The Morgan fingerprint density at radius 2 is 1.93 bits per heavy atom. The highest BCUT2D eigenvalue weighted by molar-refractivity contribution is 5.79. The van der Waals surface area contributed by atoms with Gasteiger partial charge in [-0.05, 0) is 38.0 Å². The first-order chi connectivity index (χ1) is 14.1. The van der Waals surface area contributed by atoms with E-state index in [0.29, 0.717) is 30.5 Å². The second-order valence-electron chi connectivity index (χ2n) is 6.41. The summed E-state index contributed by atoms with van der Waals surface area (Å²) in [4.78, 5) is 4.69. The number of rotatable bonds is 11. The van der Waals surface area contributed by atoms with Crippen LogP contribution in [0.1, 0.15) is 30.6 Å². The van der Waals surface area contributed by atoms with Gasteiger partial charge in [0.1, 0.15) is 5.82 Å². The van der Waals surface area contributed by atoms with Gasteiger partial charge in [0.25, 0.3) is 0 Å². The van der Waals surface area contributed by atoms with E-state index < -0.39 is 0 Å². The molecule has 0 aliphatic heterocycles. The lowest BCUT2D eigenvalue weighted by molar-refractivity contribution is 0.145. The molecule has 9 heteroatoms. The van der Waals surface area contributed by atoms with Gasteiger partial charge in [-0.3, -0.25) is 0 Å². The summed E-state index contributed by atoms with van der Waals surface area (Å²) in [7, 11) is 5.20. The molecule has 0 saturated heterocycles. The number of aromatic nitrogens is 3. The maximum Gasteiger partial charge on any atom is 0.191 e. The number of guanidine groups is 1. The van der Waals surface area contributed by atoms with Crippen molar-refractivity contribution in [3.05, 3.63) is 35.4 Å². The summed E-state index contributed by atoms with van der Waals surface area (Å²) in [6.07, 6.45) is 0.897. The highest BCUT2D eigenvalue weighted by Gasteiger charge is 2.07. The molecule has 0 fully saturated rings. The van der Waals surface area contributed by atoms with Crippen molar-refractivity contribution in [2.75, 3.05) is 34.0 Å². The van der Waals surface area contributed by atoms with Crippen LogP contribution < -0.4 is 20.1 Å². The summed E-state index contributed by atoms with van der Waals surface area (Å²) in [5.74, 6) is 3.81. The molecule has 29 heavy (non-hydrogen) atoms. The number of nitrogens with one attached hydrogen (secondary N) is 2. The normalized spacial score (nSPS) is 11.4. The Morgan fingerprint density at radius 3 is 2.59 bits per heavy atom. The Labute approximate surface area is 172 Å². The van der Waals surface area contributed by atoms with Crippen LogP contribution in [0.25, 0.3) is 0 Å². The summed E-state index contributed by atoms with van der Waals surface area (Å²) in [5, 5.41) is 14.9. The molecule has 0 saturated carbocycles. The van der Waals surface area contributed by atoms with E-state index in [1.54, 1.807) is 14.2 Å². The van der Waals surface area contributed by atoms with Gasteiger partial charge in [-0.2, -0.15) is 0 Å². The van der Waals surface area contributed by atoms with Gasteiger partial charge in [-0.15, -0.1) is 10.2 Å². The lowest BCUT2D eigenvalue weighted by Gasteiger charge is -2.13. The molecule has 1 heterocycles. The van der Waals surface area contributed by atoms with Crippen molar-refractivity contribution in [3.63, 3.8) is 0 Å². The second kappa shape index (κ2) is 11.9. The van der Waals surface area contributed by atoms with Crippen LogP contribution in [-0.4, -0.2) is 54.7 Å². The van der Waals surface area contributed by atoms with Crippen LogP contribution in [0.2, 0.25) is 0 Å². The summed E-state index contributed by atoms with van der Waals surface area (Å²) in [5.41, 5.74) is 1.02. The van der Waals surface area contributed by atoms with Crippen LogP contribution in [0.5, 0.6) is 11.5 Å². The summed E-state index contributed by atoms with van der Waals surface area (Å²) >= 11 is 0. The summed E-state index contributed by atoms with van der Waals surface area (Å²) in [6.45, 7) is 7.15. The SMILES string of the molecule is CCOCCCNC(=NCc1ccc(OC)c(OC)c1)NCc1nnc(C)n1C. The van der Waals surface area contributed by atoms with Crippen molar-refractivity contribution in [3.8, 4) is 11.5 Å². The third-order valence-corrected chi connectivity index (χ3v) is 4.43. The molecule has 0 aliphatic carbocycles. The van der Waals surface area contributed by atoms with E-state index in [4.69, 9.17) is 19.2 Å².